The van der Waals surface area contributed by atoms with Crippen LogP contribution >= 0.6 is 15.9 Å². The van der Waals surface area contributed by atoms with Gasteiger partial charge >= 0.3 is 0 Å². The van der Waals surface area contributed by atoms with E-state index >= 15 is 0 Å². The van der Waals surface area contributed by atoms with Crippen molar-refractivity contribution in [2.75, 3.05) is 38.0 Å². The molecule has 1 amide bonds. The normalized spacial score (nSPS) is 15.3. The average Bonchev–Trinajstić information content (AvgIpc) is 2.63. The Hall–Kier alpha value is -1.99. The number of aromatic nitrogens is 2. The zero-order valence-corrected chi connectivity index (χ0v) is 15.2. The number of likely N-dealkylation sites (N-methyl/N-ethyl adjacent to an activating group) is 1. The van der Waals surface area contributed by atoms with Crippen molar-refractivity contribution in [3.05, 3.63) is 46.8 Å². The molecule has 0 radical (unpaired) electrons. The van der Waals surface area contributed by atoms with E-state index in [-0.39, 0.29) is 5.91 Å². The van der Waals surface area contributed by atoms with Gasteiger partial charge in [0.05, 0.1) is 0 Å². The van der Waals surface area contributed by atoms with Crippen LogP contribution in [0.1, 0.15) is 17.4 Å². The maximum Gasteiger partial charge on any atom is 0.272 e. The highest BCUT2D eigenvalue weighted by atomic mass is 79.9. The number of amides is 1. The van der Waals surface area contributed by atoms with E-state index in [9.17, 15) is 4.79 Å². The zero-order chi connectivity index (χ0) is 16.9. The van der Waals surface area contributed by atoms with Crippen molar-refractivity contribution in [1.82, 2.24) is 19.8 Å². The van der Waals surface area contributed by atoms with E-state index in [1.165, 1.54) is 6.33 Å². The number of carbonyl (C=O) groups excluding carboxylic acids is 1. The van der Waals surface area contributed by atoms with Gasteiger partial charge in [0.25, 0.3) is 5.91 Å². The summed E-state index contributed by atoms with van der Waals surface area (Å²) in [7, 11) is 0. The minimum atomic E-state index is -0.0352. The number of anilines is 2. The molecular weight excluding hydrogens is 370 g/mol. The number of nitrogens with one attached hydrogen (secondary N) is 1. The third kappa shape index (κ3) is 4.10. The number of benzene rings is 1. The lowest BCUT2D eigenvalue weighted by molar-refractivity contribution is 0.0637. The van der Waals surface area contributed by atoms with Crippen LogP contribution in [0.15, 0.2) is 41.1 Å². The molecule has 0 spiro atoms. The summed E-state index contributed by atoms with van der Waals surface area (Å²) < 4.78 is 1.01. The van der Waals surface area contributed by atoms with Crippen LogP contribution in [0.5, 0.6) is 0 Å². The minimum Gasteiger partial charge on any atom is -0.340 e. The Kier molecular flexibility index (Phi) is 5.42. The van der Waals surface area contributed by atoms with Crippen molar-refractivity contribution >= 4 is 33.3 Å². The summed E-state index contributed by atoms with van der Waals surface area (Å²) in [4.78, 5) is 25.2. The second kappa shape index (κ2) is 7.72. The van der Waals surface area contributed by atoms with Gasteiger partial charge in [-0.3, -0.25) is 4.79 Å². The number of halogens is 1. The number of piperazine rings is 1. The SMILES string of the molecule is CCN1CCN(C(=O)c2cc(Nc3ccc(Br)cc3)ncn2)CC1. The Morgan fingerprint density at radius 1 is 1.17 bits per heavy atom. The lowest BCUT2D eigenvalue weighted by Crippen LogP contribution is -2.48. The van der Waals surface area contributed by atoms with E-state index in [1.807, 2.05) is 29.2 Å². The summed E-state index contributed by atoms with van der Waals surface area (Å²) >= 11 is 3.41. The van der Waals surface area contributed by atoms with E-state index in [0.717, 1.165) is 42.9 Å². The molecule has 1 fully saturated rings. The number of carbonyl (C=O) groups is 1. The standard InChI is InChI=1S/C17H20BrN5O/c1-2-22-7-9-23(10-8-22)17(24)15-11-16(20-12-19-15)21-14-5-3-13(18)4-6-14/h3-6,11-12H,2,7-10H2,1H3,(H,19,20,21). The van der Waals surface area contributed by atoms with E-state index in [4.69, 9.17) is 0 Å². The summed E-state index contributed by atoms with van der Waals surface area (Å²) in [5.74, 6) is 0.579. The Morgan fingerprint density at radius 3 is 2.54 bits per heavy atom. The Labute approximate surface area is 150 Å². The largest absolute Gasteiger partial charge is 0.340 e. The summed E-state index contributed by atoms with van der Waals surface area (Å²) in [6.45, 7) is 6.48. The second-order valence-electron chi connectivity index (χ2n) is 5.65. The highest BCUT2D eigenvalue weighted by Gasteiger charge is 2.22. The second-order valence-corrected chi connectivity index (χ2v) is 6.56. The van der Waals surface area contributed by atoms with Crippen LogP contribution in [0.3, 0.4) is 0 Å². The molecule has 2 aromatic rings. The van der Waals surface area contributed by atoms with Gasteiger partial charge in [-0.15, -0.1) is 0 Å². The van der Waals surface area contributed by atoms with Crippen molar-refractivity contribution < 1.29 is 4.79 Å². The van der Waals surface area contributed by atoms with Crippen LogP contribution in [0.4, 0.5) is 11.5 Å². The first-order chi connectivity index (χ1) is 11.7. The number of hydrogen-bond acceptors (Lipinski definition) is 5. The molecule has 1 aliphatic heterocycles. The molecule has 1 N–H and O–H groups in total. The van der Waals surface area contributed by atoms with Crippen molar-refractivity contribution in [2.45, 2.75) is 6.92 Å². The lowest BCUT2D eigenvalue weighted by atomic mass is 10.2. The fraction of sp³-hybridized carbons (Fsp3) is 0.353. The van der Waals surface area contributed by atoms with E-state index < -0.39 is 0 Å². The maximum absolute atomic E-state index is 12.6. The van der Waals surface area contributed by atoms with E-state index in [2.05, 4.69) is 43.0 Å². The summed E-state index contributed by atoms with van der Waals surface area (Å²) in [6.07, 6.45) is 1.43. The van der Waals surface area contributed by atoms with Gasteiger partial charge in [-0.2, -0.15) is 0 Å². The van der Waals surface area contributed by atoms with Crippen LogP contribution in [0.2, 0.25) is 0 Å². The Bertz CT molecular complexity index is 698. The van der Waals surface area contributed by atoms with Gasteiger partial charge < -0.3 is 15.1 Å². The molecule has 126 valence electrons. The molecule has 0 atom stereocenters. The monoisotopic (exact) mass is 389 g/mol. The molecule has 2 heterocycles. The number of nitrogens with zero attached hydrogens (tertiary/aromatic N) is 4. The van der Waals surface area contributed by atoms with Crippen molar-refractivity contribution in [3.63, 3.8) is 0 Å². The summed E-state index contributed by atoms with van der Waals surface area (Å²) in [5.41, 5.74) is 1.33. The highest BCUT2D eigenvalue weighted by molar-refractivity contribution is 9.10. The van der Waals surface area contributed by atoms with Crippen molar-refractivity contribution in [2.24, 2.45) is 0 Å². The molecule has 6 nitrogen and oxygen atoms in total. The van der Waals surface area contributed by atoms with Gasteiger partial charge in [-0.1, -0.05) is 22.9 Å². The minimum absolute atomic E-state index is 0.0352. The Balaban J connectivity index is 1.68. The van der Waals surface area contributed by atoms with E-state index in [0.29, 0.717) is 11.5 Å². The zero-order valence-electron chi connectivity index (χ0n) is 13.6. The molecule has 1 aromatic heterocycles. The molecule has 0 bridgehead atoms. The molecule has 1 aromatic carbocycles. The van der Waals surface area contributed by atoms with Crippen LogP contribution in [0, 0.1) is 0 Å². The number of rotatable bonds is 4. The van der Waals surface area contributed by atoms with Crippen LogP contribution in [-0.4, -0.2) is 58.4 Å². The Morgan fingerprint density at radius 2 is 1.88 bits per heavy atom. The fourth-order valence-corrected chi connectivity index (χ4v) is 2.92. The number of hydrogen-bond donors (Lipinski definition) is 1. The lowest BCUT2D eigenvalue weighted by Gasteiger charge is -2.33. The topological polar surface area (TPSA) is 61.4 Å². The highest BCUT2D eigenvalue weighted by Crippen LogP contribution is 2.18. The van der Waals surface area contributed by atoms with Gasteiger partial charge in [-0.25, -0.2) is 9.97 Å². The first-order valence-corrected chi connectivity index (χ1v) is 8.81. The smallest absolute Gasteiger partial charge is 0.272 e. The molecular formula is C17H20BrN5O. The molecule has 3 rings (SSSR count). The molecule has 1 saturated heterocycles. The maximum atomic E-state index is 12.6. The average molecular weight is 390 g/mol. The molecule has 0 saturated carbocycles. The predicted molar refractivity (Wildman–Crippen MR) is 97.5 cm³/mol. The molecule has 0 aliphatic carbocycles. The van der Waals surface area contributed by atoms with Crippen LogP contribution in [0.25, 0.3) is 0 Å². The van der Waals surface area contributed by atoms with Gasteiger partial charge in [0, 0.05) is 42.4 Å². The van der Waals surface area contributed by atoms with Gasteiger partial charge in [0.2, 0.25) is 0 Å². The third-order valence-corrected chi connectivity index (χ3v) is 4.64. The summed E-state index contributed by atoms with van der Waals surface area (Å²) in [6, 6.07) is 9.48. The van der Waals surface area contributed by atoms with Crippen molar-refractivity contribution in [3.8, 4) is 0 Å². The van der Waals surface area contributed by atoms with E-state index in [1.54, 1.807) is 6.07 Å². The van der Waals surface area contributed by atoms with Gasteiger partial charge in [0.15, 0.2) is 0 Å². The first kappa shape index (κ1) is 16.9. The molecule has 1 aliphatic rings. The third-order valence-electron chi connectivity index (χ3n) is 4.11. The van der Waals surface area contributed by atoms with Gasteiger partial charge in [-0.05, 0) is 30.8 Å². The first-order valence-electron chi connectivity index (χ1n) is 8.02. The predicted octanol–water partition coefficient (Wildman–Crippen LogP) is 2.76. The summed E-state index contributed by atoms with van der Waals surface area (Å²) in [5, 5.41) is 3.19. The molecule has 7 heteroatoms. The van der Waals surface area contributed by atoms with Crippen LogP contribution in [-0.2, 0) is 0 Å². The fourth-order valence-electron chi connectivity index (χ4n) is 2.65. The quantitative estimate of drug-likeness (QED) is 0.870. The van der Waals surface area contributed by atoms with Gasteiger partial charge in [0.1, 0.15) is 17.8 Å². The molecule has 24 heavy (non-hydrogen) atoms. The molecule has 0 unspecified atom stereocenters. The van der Waals surface area contributed by atoms with Crippen LogP contribution < -0.4 is 5.32 Å². The van der Waals surface area contributed by atoms with Crippen molar-refractivity contribution in [1.29, 1.82) is 0 Å².